The molecule has 0 aliphatic carbocycles. The van der Waals surface area contributed by atoms with Crippen LogP contribution in [-0.2, 0) is 0 Å². The molecule has 0 bridgehead atoms. The summed E-state index contributed by atoms with van der Waals surface area (Å²) in [5, 5.41) is 8.36. The van der Waals surface area contributed by atoms with Crippen molar-refractivity contribution in [2.75, 3.05) is 0 Å². The monoisotopic (exact) mass is 153 g/mol. The Bertz CT molecular complexity index is 268. The van der Waals surface area contributed by atoms with E-state index in [1.54, 1.807) is 18.2 Å². The van der Waals surface area contributed by atoms with Crippen molar-refractivity contribution in [1.29, 1.82) is 5.26 Å². The van der Waals surface area contributed by atoms with E-state index in [4.69, 9.17) is 21.3 Å². The molecule has 0 aliphatic rings. The number of rotatable bonds is 1. The van der Waals surface area contributed by atoms with Gasteiger partial charge in [-0.2, -0.15) is 5.26 Å². The van der Waals surface area contributed by atoms with Crippen LogP contribution in [-0.4, -0.2) is 0 Å². The summed E-state index contributed by atoms with van der Waals surface area (Å²) in [6.07, 6.45) is 2.98. The first-order valence-electron chi connectivity index (χ1n) is 2.64. The number of allylic oxidation sites excluding steroid dienone is 1. The van der Waals surface area contributed by atoms with Crippen LogP contribution in [0, 0.1) is 11.3 Å². The topological polar surface area (TPSA) is 36.9 Å². The zero-order chi connectivity index (χ0) is 7.40. The second kappa shape index (κ2) is 3.09. The van der Waals surface area contributed by atoms with Gasteiger partial charge in [-0.15, -0.1) is 0 Å². The molecule has 0 fully saturated rings. The second-order valence-electron chi connectivity index (χ2n) is 1.62. The summed E-state index contributed by atoms with van der Waals surface area (Å²) < 4.78 is 4.89. The van der Waals surface area contributed by atoms with Gasteiger partial charge in [-0.1, -0.05) is 11.6 Å². The molecule has 0 saturated carbocycles. The maximum absolute atomic E-state index is 8.24. The lowest BCUT2D eigenvalue weighted by Crippen LogP contribution is -1.63. The average Bonchev–Trinajstić information content (AvgIpc) is 2.40. The zero-order valence-electron chi connectivity index (χ0n) is 5.04. The molecule has 0 aliphatic heterocycles. The van der Waals surface area contributed by atoms with Crippen LogP contribution >= 0.6 is 11.6 Å². The third-order valence-corrected chi connectivity index (χ3v) is 1.11. The van der Waals surface area contributed by atoms with Crippen LogP contribution < -0.4 is 0 Å². The number of nitrogens with zero attached hydrogens (tertiary/aromatic N) is 1. The maximum Gasteiger partial charge on any atom is 0.128 e. The predicted molar refractivity (Wildman–Crippen MR) is 38.2 cm³/mol. The zero-order valence-corrected chi connectivity index (χ0v) is 5.80. The Hall–Kier alpha value is -1.20. The molecule has 1 aromatic heterocycles. The van der Waals surface area contributed by atoms with Crippen molar-refractivity contribution in [3.63, 3.8) is 0 Å². The third-order valence-electron chi connectivity index (χ3n) is 0.919. The van der Waals surface area contributed by atoms with Gasteiger partial charge in [-0.05, 0) is 12.1 Å². The van der Waals surface area contributed by atoms with E-state index in [1.165, 1.54) is 12.3 Å². The number of hydrogen-bond acceptors (Lipinski definition) is 2. The van der Waals surface area contributed by atoms with E-state index >= 15 is 0 Å². The fraction of sp³-hybridized carbons (Fsp3) is 0. The normalized spacial score (nSPS) is 11.0. The van der Waals surface area contributed by atoms with Gasteiger partial charge in [0.2, 0.25) is 0 Å². The molecule has 1 heterocycles. The molecule has 0 atom stereocenters. The lowest BCUT2D eigenvalue weighted by molar-refractivity contribution is 0.557. The van der Waals surface area contributed by atoms with Gasteiger partial charge in [0.1, 0.15) is 16.9 Å². The van der Waals surface area contributed by atoms with Gasteiger partial charge in [0.05, 0.1) is 6.26 Å². The standard InChI is InChI=1S/C7H4ClNO/c8-6(5-9)4-7-2-1-3-10-7/h1-4H/b6-4-. The fourth-order valence-corrected chi connectivity index (χ4v) is 0.638. The minimum Gasteiger partial charge on any atom is -0.465 e. The number of hydrogen-bond donors (Lipinski definition) is 0. The Morgan fingerprint density at radius 2 is 2.60 bits per heavy atom. The minimum atomic E-state index is 0.120. The minimum absolute atomic E-state index is 0.120. The molecule has 1 rings (SSSR count). The molecule has 0 aromatic carbocycles. The van der Waals surface area contributed by atoms with Crippen molar-refractivity contribution in [3.8, 4) is 6.07 Å². The van der Waals surface area contributed by atoms with Gasteiger partial charge >= 0.3 is 0 Å². The molecule has 10 heavy (non-hydrogen) atoms. The van der Waals surface area contributed by atoms with Crippen LogP contribution in [0.4, 0.5) is 0 Å². The third kappa shape index (κ3) is 1.64. The molecule has 0 spiro atoms. The van der Waals surface area contributed by atoms with E-state index in [9.17, 15) is 0 Å². The average molecular weight is 154 g/mol. The second-order valence-corrected chi connectivity index (χ2v) is 2.03. The quantitative estimate of drug-likeness (QED) is 0.581. The van der Waals surface area contributed by atoms with E-state index in [0.29, 0.717) is 5.76 Å². The van der Waals surface area contributed by atoms with Crippen LogP contribution in [0.3, 0.4) is 0 Å². The molecule has 1 aromatic rings. The summed E-state index contributed by atoms with van der Waals surface area (Å²) in [5.41, 5.74) is 0. The van der Waals surface area contributed by atoms with Crippen LogP contribution in [0.5, 0.6) is 0 Å². The predicted octanol–water partition coefficient (Wildman–Crippen LogP) is 2.38. The molecule has 3 heteroatoms. The molecule has 50 valence electrons. The number of nitriles is 1. The molecular formula is C7H4ClNO. The summed E-state index contributed by atoms with van der Waals surface area (Å²) in [4.78, 5) is 0. The molecule has 0 radical (unpaired) electrons. The Morgan fingerprint density at radius 1 is 1.80 bits per heavy atom. The van der Waals surface area contributed by atoms with Crippen LogP contribution in [0.2, 0.25) is 0 Å². The molecule has 2 nitrogen and oxygen atoms in total. The van der Waals surface area contributed by atoms with Gasteiger partial charge in [-0.3, -0.25) is 0 Å². The highest BCUT2D eigenvalue weighted by atomic mass is 35.5. The van der Waals surface area contributed by atoms with Crippen molar-refractivity contribution < 1.29 is 4.42 Å². The Kier molecular flexibility index (Phi) is 2.14. The van der Waals surface area contributed by atoms with Gasteiger partial charge in [0, 0.05) is 6.08 Å². The molecule has 0 unspecified atom stereocenters. The van der Waals surface area contributed by atoms with E-state index in [2.05, 4.69) is 0 Å². The first-order chi connectivity index (χ1) is 4.83. The van der Waals surface area contributed by atoms with Crippen molar-refractivity contribution in [2.45, 2.75) is 0 Å². The SMILES string of the molecule is N#C/C(Cl)=C/c1ccco1. The highest BCUT2D eigenvalue weighted by molar-refractivity contribution is 6.33. The van der Waals surface area contributed by atoms with E-state index in [0.717, 1.165) is 0 Å². The van der Waals surface area contributed by atoms with Crippen LogP contribution in [0.25, 0.3) is 6.08 Å². The van der Waals surface area contributed by atoms with Crippen molar-refractivity contribution >= 4 is 17.7 Å². The maximum atomic E-state index is 8.24. The first kappa shape index (κ1) is 6.91. The lowest BCUT2D eigenvalue weighted by Gasteiger charge is -1.80. The fourth-order valence-electron chi connectivity index (χ4n) is 0.531. The lowest BCUT2D eigenvalue weighted by atomic mass is 10.4. The first-order valence-corrected chi connectivity index (χ1v) is 3.01. The van der Waals surface area contributed by atoms with Gasteiger partial charge in [0.15, 0.2) is 0 Å². The number of halogens is 1. The van der Waals surface area contributed by atoms with Crippen LogP contribution in [0.1, 0.15) is 5.76 Å². The Balaban J connectivity index is 2.83. The molecule has 0 N–H and O–H groups in total. The Morgan fingerprint density at radius 3 is 3.10 bits per heavy atom. The number of furan rings is 1. The summed E-state index contributed by atoms with van der Waals surface area (Å²) in [6.45, 7) is 0. The Labute approximate surface area is 63.3 Å². The van der Waals surface area contributed by atoms with Crippen molar-refractivity contribution in [3.05, 3.63) is 29.2 Å². The van der Waals surface area contributed by atoms with E-state index in [1.807, 2.05) is 0 Å². The van der Waals surface area contributed by atoms with Crippen molar-refractivity contribution in [1.82, 2.24) is 0 Å². The smallest absolute Gasteiger partial charge is 0.128 e. The largest absolute Gasteiger partial charge is 0.465 e. The highest BCUT2D eigenvalue weighted by Gasteiger charge is 1.91. The van der Waals surface area contributed by atoms with E-state index < -0.39 is 0 Å². The highest BCUT2D eigenvalue weighted by Crippen LogP contribution is 2.08. The summed E-state index contributed by atoms with van der Waals surface area (Å²) in [7, 11) is 0. The van der Waals surface area contributed by atoms with E-state index in [-0.39, 0.29) is 5.03 Å². The summed E-state index contributed by atoms with van der Waals surface area (Å²) in [5.74, 6) is 0.589. The molecule has 0 amide bonds. The van der Waals surface area contributed by atoms with Gasteiger partial charge in [-0.25, -0.2) is 0 Å². The van der Waals surface area contributed by atoms with Gasteiger partial charge < -0.3 is 4.42 Å². The van der Waals surface area contributed by atoms with Gasteiger partial charge in [0.25, 0.3) is 0 Å². The van der Waals surface area contributed by atoms with Crippen LogP contribution in [0.15, 0.2) is 27.8 Å². The molecular weight excluding hydrogens is 150 g/mol. The summed E-state index contributed by atoms with van der Waals surface area (Å²) >= 11 is 5.40. The summed E-state index contributed by atoms with van der Waals surface area (Å²) in [6, 6.07) is 5.22. The molecule has 0 saturated heterocycles. The van der Waals surface area contributed by atoms with Crippen molar-refractivity contribution in [2.24, 2.45) is 0 Å².